The maximum atomic E-state index is 5.45. The third-order valence-corrected chi connectivity index (χ3v) is 3.59. The maximum Gasteiger partial charge on any atom is 0.0869 e. The molecular formula is C10H19ClO. The lowest BCUT2D eigenvalue weighted by molar-refractivity contribution is 0.0336. The van der Waals surface area contributed by atoms with Crippen LogP contribution >= 0.6 is 11.9 Å². The molecule has 1 fully saturated rings. The lowest BCUT2D eigenvalue weighted by Crippen LogP contribution is -2.32. The summed E-state index contributed by atoms with van der Waals surface area (Å²) in [5.41, 5.74) is -0.0487. The third-order valence-electron chi connectivity index (χ3n) is 3.22. The molecule has 72 valence electrons. The van der Waals surface area contributed by atoms with Gasteiger partial charge in [0.1, 0.15) is 0 Å². The van der Waals surface area contributed by atoms with Gasteiger partial charge in [-0.15, -0.1) is 0 Å². The summed E-state index contributed by atoms with van der Waals surface area (Å²) in [6.07, 6.45) is 4.75. The van der Waals surface area contributed by atoms with Crippen LogP contribution in [0.15, 0.2) is 0 Å². The van der Waals surface area contributed by atoms with E-state index in [1.165, 1.54) is 12.8 Å². The maximum absolute atomic E-state index is 5.45. The molecule has 1 saturated carbocycles. The fraction of sp³-hybridized carbons (Fsp3) is 1.00. The molecule has 0 radical (unpaired) electrons. The Morgan fingerprint density at radius 3 is 2.17 bits per heavy atom. The molecular weight excluding hydrogens is 172 g/mol. The zero-order chi connectivity index (χ0) is 9.19. The van der Waals surface area contributed by atoms with Crippen molar-refractivity contribution in [3.63, 3.8) is 0 Å². The van der Waals surface area contributed by atoms with Crippen LogP contribution in [-0.4, -0.2) is 5.60 Å². The fourth-order valence-electron chi connectivity index (χ4n) is 1.99. The molecule has 0 bridgehead atoms. The highest BCUT2D eigenvalue weighted by Crippen LogP contribution is 2.38. The van der Waals surface area contributed by atoms with Gasteiger partial charge in [0.15, 0.2) is 0 Å². The Kier molecular flexibility index (Phi) is 3.42. The van der Waals surface area contributed by atoms with Crippen LogP contribution < -0.4 is 0 Å². The van der Waals surface area contributed by atoms with E-state index in [1.54, 1.807) is 0 Å². The second kappa shape index (κ2) is 3.97. The van der Waals surface area contributed by atoms with Crippen LogP contribution in [0.25, 0.3) is 0 Å². The van der Waals surface area contributed by atoms with Crippen molar-refractivity contribution in [1.82, 2.24) is 0 Å². The van der Waals surface area contributed by atoms with Gasteiger partial charge in [0, 0.05) is 0 Å². The minimum atomic E-state index is -0.0487. The molecule has 0 aromatic carbocycles. The van der Waals surface area contributed by atoms with Crippen LogP contribution in [0.4, 0.5) is 0 Å². The van der Waals surface area contributed by atoms with Gasteiger partial charge in [-0.2, -0.15) is 0 Å². The molecule has 1 aliphatic carbocycles. The first-order valence-corrected chi connectivity index (χ1v) is 5.18. The van der Waals surface area contributed by atoms with Gasteiger partial charge in [0.05, 0.1) is 17.5 Å². The van der Waals surface area contributed by atoms with E-state index in [4.69, 9.17) is 16.2 Å². The predicted octanol–water partition coefficient (Wildman–Crippen LogP) is 3.76. The first-order valence-electron chi connectivity index (χ1n) is 4.87. The zero-order valence-corrected chi connectivity index (χ0v) is 9.03. The summed E-state index contributed by atoms with van der Waals surface area (Å²) in [6, 6.07) is 0. The van der Waals surface area contributed by atoms with Crippen molar-refractivity contribution in [1.29, 1.82) is 0 Å². The minimum absolute atomic E-state index is 0.0487. The first kappa shape index (κ1) is 10.3. The molecule has 0 aliphatic heterocycles. The summed E-state index contributed by atoms with van der Waals surface area (Å²) < 4.78 is 4.98. The molecule has 1 aliphatic rings. The molecule has 12 heavy (non-hydrogen) atoms. The van der Waals surface area contributed by atoms with Gasteiger partial charge < -0.3 is 0 Å². The second-order valence-electron chi connectivity index (χ2n) is 4.61. The van der Waals surface area contributed by atoms with Crippen molar-refractivity contribution in [2.24, 2.45) is 11.8 Å². The van der Waals surface area contributed by atoms with Gasteiger partial charge in [-0.05, 0) is 44.4 Å². The minimum Gasteiger partial charge on any atom is -0.273 e. The van der Waals surface area contributed by atoms with Crippen LogP contribution in [0, 0.1) is 11.8 Å². The molecule has 1 rings (SSSR count). The molecule has 2 heteroatoms. The van der Waals surface area contributed by atoms with Crippen molar-refractivity contribution < 1.29 is 4.29 Å². The highest BCUT2D eigenvalue weighted by atomic mass is 35.5. The quantitative estimate of drug-likeness (QED) is 0.645. The Bertz CT molecular complexity index is 137. The standard InChI is InChI=1S/C10H19ClO/c1-8(2)9-4-6-10(3,12-11)7-5-9/h8-9H,4-7H2,1-3H3. The van der Waals surface area contributed by atoms with E-state index in [0.717, 1.165) is 24.7 Å². The molecule has 0 amide bonds. The third kappa shape index (κ3) is 2.37. The van der Waals surface area contributed by atoms with Crippen molar-refractivity contribution in [2.45, 2.75) is 52.1 Å². The lowest BCUT2D eigenvalue weighted by atomic mass is 9.75. The monoisotopic (exact) mass is 190 g/mol. The van der Waals surface area contributed by atoms with Gasteiger partial charge in [-0.25, -0.2) is 0 Å². The van der Waals surface area contributed by atoms with Gasteiger partial charge in [0.25, 0.3) is 0 Å². The average Bonchev–Trinajstić information content (AvgIpc) is 2.05. The molecule has 1 nitrogen and oxygen atoms in total. The number of rotatable bonds is 2. The summed E-state index contributed by atoms with van der Waals surface area (Å²) >= 11 is 5.45. The van der Waals surface area contributed by atoms with Gasteiger partial charge >= 0.3 is 0 Å². The number of halogens is 1. The van der Waals surface area contributed by atoms with E-state index < -0.39 is 0 Å². The molecule has 0 aromatic heterocycles. The second-order valence-corrected chi connectivity index (χ2v) is 4.76. The van der Waals surface area contributed by atoms with Gasteiger partial charge in [-0.3, -0.25) is 4.29 Å². The molecule has 0 N–H and O–H groups in total. The Morgan fingerprint density at radius 2 is 1.83 bits per heavy atom. The topological polar surface area (TPSA) is 9.23 Å². The van der Waals surface area contributed by atoms with E-state index >= 15 is 0 Å². The van der Waals surface area contributed by atoms with Gasteiger partial charge in [-0.1, -0.05) is 13.8 Å². The van der Waals surface area contributed by atoms with Crippen LogP contribution in [-0.2, 0) is 4.29 Å². The Labute approximate surface area is 80.6 Å². The van der Waals surface area contributed by atoms with E-state index in [-0.39, 0.29) is 5.60 Å². The Hall–Kier alpha value is 0.250. The largest absolute Gasteiger partial charge is 0.273 e. The van der Waals surface area contributed by atoms with E-state index in [2.05, 4.69) is 20.8 Å². The van der Waals surface area contributed by atoms with Crippen molar-refractivity contribution in [3.05, 3.63) is 0 Å². The molecule has 0 unspecified atom stereocenters. The molecule has 0 atom stereocenters. The number of hydrogen-bond acceptors (Lipinski definition) is 1. The summed E-state index contributed by atoms with van der Waals surface area (Å²) in [5, 5.41) is 0. The number of hydrogen-bond donors (Lipinski definition) is 0. The van der Waals surface area contributed by atoms with Crippen molar-refractivity contribution in [3.8, 4) is 0 Å². The van der Waals surface area contributed by atoms with E-state index in [0.29, 0.717) is 0 Å². The van der Waals surface area contributed by atoms with Crippen LogP contribution in [0.3, 0.4) is 0 Å². The molecule has 0 heterocycles. The summed E-state index contributed by atoms with van der Waals surface area (Å²) in [7, 11) is 0. The van der Waals surface area contributed by atoms with Crippen molar-refractivity contribution in [2.75, 3.05) is 0 Å². The Morgan fingerprint density at radius 1 is 1.33 bits per heavy atom. The van der Waals surface area contributed by atoms with Crippen LogP contribution in [0.1, 0.15) is 46.5 Å². The first-order chi connectivity index (χ1) is 5.57. The summed E-state index contributed by atoms with van der Waals surface area (Å²) in [4.78, 5) is 0. The Balaban J connectivity index is 2.39. The van der Waals surface area contributed by atoms with Crippen LogP contribution in [0.5, 0.6) is 0 Å². The molecule has 0 saturated heterocycles. The normalized spacial score (nSPS) is 37.2. The smallest absolute Gasteiger partial charge is 0.0869 e. The molecule has 0 spiro atoms. The summed E-state index contributed by atoms with van der Waals surface area (Å²) in [6.45, 7) is 6.71. The van der Waals surface area contributed by atoms with E-state index in [1.807, 2.05) is 0 Å². The summed E-state index contributed by atoms with van der Waals surface area (Å²) in [5.74, 6) is 1.69. The fourth-order valence-corrected chi connectivity index (χ4v) is 2.15. The lowest BCUT2D eigenvalue weighted by Gasteiger charge is -2.36. The van der Waals surface area contributed by atoms with Crippen molar-refractivity contribution >= 4 is 11.9 Å². The average molecular weight is 191 g/mol. The predicted molar refractivity (Wildman–Crippen MR) is 52.1 cm³/mol. The zero-order valence-electron chi connectivity index (χ0n) is 8.27. The SMILES string of the molecule is CC(C)C1CCC(C)(OCl)CC1. The highest BCUT2D eigenvalue weighted by Gasteiger charge is 2.32. The highest BCUT2D eigenvalue weighted by molar-refractivity contribution is 6.07. The van der Waals surface area contributed by atoms with E-state index in [9.17, 15) is 0 Å². The van der Waals surface area contributed by atoms with Gasteiger partial charge in [0.2, 0.25) is 0 Å². The van der Waals surface area contributed by atoms with Crippen LogP contribution in [0.2, 0.25) is 0 Å². The molecule has 0 aromatic rings.